The van der Waals surface area contributed by atoms with Gasteiger partial charge in [0.1, 0.15) is 5.82 Å². The average molecular weight is 279 g/mol. The Balaban J connectivity index is 2.28. The summed E-state index contributed by atoms with van der Waals surface area (Å²) in [7, 11) is 4.27. The lowest BCUT2D eigenvalue weighted by atomic mass is 9.99. The van der Waals surface area contributed by atoms with Gasteiger partial charge in [-0.2, -0.15) is 5.10 Å². The molecule has 0 spiro atoms. The fourth-order valence-electron chi connectivity index (χ4n) is 2.96. The van der Waals surface area contributed by atoms with Gasteiger partial charge in [-0.1, -0.05) is 6.92 Å². The van der Waals surface area contributed by atoms with Crippen molar-refractivity contribution >= 4 is 5.82 Å². The SMILES string of the molecule is CCNCc1c(C)nn(C)c1N1CCN(C)C(C)(C)C1. The van der Waals surface area contributed by atoms with Gasteiger partial charge in [0.2, 0.25) is 0 Å². The van der Waals surface area contributed by atoms with Crippen molar-refractivity contribution in [3.05, 3.63) is 11.3 Å². The molecule has 2 heterocycles. The standard InChI is InChI=1S/C15H29N5/c1-7-16-10-13-12(2)17-19(6)14(13)20-9-8-18(5)15(3,4)11-20/h16H,7-11H2,1-6H3. The monoisotopic (exact) mass is 279 g/mol. The molecule has 1 aliphatic heterocycles. The van der Waals surface area contributed by atoms with Crippen molar-refractivity contribution in [2.45, 2.75) is 39.8 Å². The topological polar surface area (TPSA) is 36.3 Å². The minimum Gasteiger partial charge on any atom is -0.353 e. The van der Waals surface area contributed by atoms with E-state index < -0.39 is 0 Å². The molecule has 1 N–H and O–H groups in total. The average Bonchev–Trinajstić information content (AvgIpc) is 2.64. The summed E-state index contributed by atoms with van der Waals surface area (Å²) in [6.07, 6.45) is 0. The number of aromatic nitrogens is 2. The van der Waals surface area contributed by atoms with E-state index in [4.69, 9.17) is 0 Å². The van der Waals surface area contributed by atoms with Gasteiger partial charge in [-0.05, 0) is 34.4 Å². The zero-order valence-electron chi connectivity index (χ0n) is 13.8. The molecule has 20 heavy (non-hydrogen) atoms. The first-order chi connectivity index (χ1) is 9.36. The minimum atomic E-state index is 0.200. The van der Waals surface area contributed by atoms with Crippen LogP contribution >= 0.6 is 0 Å². The molecular formula is C15H29N5. The van der Waals surface area contributed by atoms with Crippen LogP contribution in [-0.4, -0.2) is 53.4 Å². The Kier molecular flexibility index (Phi) is 4.39. The first kappa shape index (κ1) is 15.3. The number of hydrogen-bond donors (Lipinski definition) is 1. The smallest absolute Gasteiger partial charge is 0.131 e. The quantitative estimate of drug-likeness (QED) is 0.903. The number of hydrogen-bond acceptors (Lipinski definition) is 4. The highest BCUT2D eigenvalue weighted by Crippen LogP contribution is 2.28. The third-order valence-corrected chi connectivity index (χ3v) is 4.48. The molecule has 114 valence electrons. The van der Waals surface area contributed by atoms with Crippen molar-refractivity contribution in [3.63, 3.8) is 0 Å². The Morgan fingerprint density at radius 2 is 1.95 bits per heavy atom. The summed E-state index contributed by atoms with van der Waals surface area (Å²) in [5.74, 6) is 1.28. The van der Waals surface area contributed by atoms with Crippen molar-refractivity contribution in [1.82, 2.24) is 20.0 Å². The first-order valence-electron chi connectivity index (χ1n) is 7.56. The van der Waals surface area contributed by atoms with Crippen molar-refractivity contribution in [2.24, 2.45) is 7.05 Å². The summed E-state index contributed by atoms with van der Waals surface area (Å²) in [6.45, 7) is 14.0. The molecule has 0 saturated carbocycles. The van der Waals surface area contributed by atoms with E-state index in [0.29, 0.717) is 0 Å². The van der Waals surface area contributed by atoms with Crippen molar-refractivity contribution < 1.29 is 0 Å². The van der Waals surface area contributed by atoms with E-state index in [1.807, 2.05) is 4.68 Å². The molecule has 1 aliphatic rings. The molecule has 0 aromatic carbocycles. The van der Waals surface area contributed by atoms with Crippen LogP contribution in [0.15, 0.2) is 0 Å². The van der Waals surface area contributed by atoms with Crippen molar-refractivity contribution in [3.8, 4) is 0 Å². The molecule has 5 heteroatoms. The van der Waals surface area contributed by atoms with E-state index in [-0.39, 0.29) is 5.54 Å². The van der Waals surface area contributed by atoms with Crippen LogP contribution in [0.25, 0.3) is 0 Å². The van der Waals surface area contributed by atoms with Crippen molar-refractivity contribution in [1.29, 1.82) is 0 Å². The number of piperazine rings is 1. The van der Waals surface area contributed by atoms with Crippen LogP contribution in [0.2, 0.25) is 0 Å². The van der Waals surface area contributed by atoms with E-state index >= 15 is 0 Å². The lowest BCUT2D eigenvalue weighted by Crippen LogP contribution is -2.58. The summed E-state index contributed by atoms with van der Waals surface area (Å²) < 4.78 is 2.05. The molecule has 0 radical (unpaired) electrons. The van der Waals surface area contributed by atoms with Crippen LogP contribution in [0.1, 0.15) is 32.0 Å². The molecule has 0 bridgehead atoms. The second-order valence-corrected chi connectivity index (χ2v) is 6.45. The van der Waals surface area contributed by atoms with Gasteiger partial charge in [-0.3, -0.25) is 9.58 Å². The molecule has 1 aromatic rings. The summed E-state index contributed by atoms with van der Waals surface area (Å²) in [6, 6.07) is 0. The summed E-state index contributed by atoms with van der Waals surface area (Å²) in [5, 5.41) is 8.06. The van der Waals surface area contributed by atoms with E-state index in [1.54, 1.807) is 0 Å². The molecule has 0 atom stereocenters. The second-order valence-electron chi connectivity index (χ2n) is 6.45. The molecule has 0 aliphatic carbocycles. The lowest BCUT2D eigenvalue weighted by Gasteiger charge is -2.46. The highest BCUT2D eigenvalue weighted by atomic mass is 15.4. The summed E-state index contributed by atoms with van der Waals surface area (Å²) in [4.78, 5) is 4.93. The Morgan fingerprint density at radius 1 is 1.25 bits per heavy atom. The number of aryl methyl sites for hydroxylation is 2. The first-order valence-corrected chi connectivity index (χ1v) is 7.56. The van der Waals surface area contributed by atoms with Crippen LogP contribution in [0.4, 0.5) is 5.82 Å². The predicted octanol–water partition coefficient (Wildman–Crippen LogP) is 1.37. The molecule has 0 unspecified atom stereocenters. The fraction of sp³-hybridized carbons (Fsp3) is 0.800. The Hall–Kier alpha value is -1.07. The zero-order valence-corrected chi connectivity index (χ0v) is 13.8. The molecule has 5 nitrogen and oxygen atoms in total. The van der Waals surface area contributed by atoms with Crippen LogP contribution in [0.3, 0.4) is 0 Å². The molecule has 0 amide bonds. The number of nitrogens with one attached hydrogen (secondary N) is 1. The van der Waals surface area contributed by atoms with E-state index in [2.05, 4.69) is 62.0 Å². The molecule has 1 fully saturated rings. The van der Waals surface area contributed by atoms with Gasteiger partial charge in [-0.15, -0.1) is 0 Å². The van der Waals surface area contributed by atoms with Crippen molar-refractivity contribution in [2.75, 3.05) is 38.1 Å². The van der Waals surface area contributed by atoms with Gasteiger partial charge >= 0.3 is 0 Å². The van der Waals surface area contributed by atoms with E-state index in [9.17, 15) is 0 Å². The van der Waals surface area contributed by atoms with Gasteiger partial charge in [0, 0.05) is 44.3 Å². The number of likely N-dealkylation sites (N-methyl/N-ethyl adjacent to an activating group) is 1. The number of rotatable bonds is 4. The fourth-order valence-corrected chi connectivity index (χ4v) is 2.96. The molecule has 1 aromatic heterocycles. The highest BCUT2D eigenvalue weighted by molar-refractivity contribution is 5.51. The Labute approximate surface area is 122 Å². The lowest BCUT2D eigenvalue weighted by molar-refractivity contribution is 0.138. The minimum absolute atomic E-state index is 0.200. The molecule has 1 saturated heterocycles. The molecule has 2 rings (SSSR count). The third-order valence-electron chi connectivity index (χ3n) is 4.48. The van der Waals surface area contributed by atoms with Crippen LogP contribution < -0.4 is 10.2 Å². The zero-order chi connectivity index (χ0) is 14.9. The second kappa shape index (κ2) is 5.74. The maximum atomic E-state index is 4.63. The normalized spacial score (nSPS) is 19.6. The molecular weight excluding hydrogens is 250 g/mol. The Bertz CT molecular complexity index is 463. The third kappa shape index (κ3) is 2.83. The number of nitrogens with zero attached hydrogens (tertiary/aromatic N) is 4. The van der Waals surface area contributed by atoms with Crippen LogP contribution in [-0.2, 0) is 13.6 Å². The maximum Gasteiger partial charge on any atom is 0.131 e. The predicted molar refractivity (Wildman–Crippen MR) is 84.2 cm³/mol. The largest absolute Gasteiger partial charge is 0.353 e. The van der Waals surface area contributed by atoms with Gasteiger partial charge in [0.05, 0.1) is 5.69 Å². The van der Waals surface area contributed by atoms with Gasteiger partial charge in [0.25, 0.3) is 0 Å². The highest BCUT2D eigenvalue weighted by Gasteiger charge is 2.33. The maximum absolute atomic E-state index is 4.63. The van der Waals surface area contributed by atoms with Gasteiger partial charge < -0.3 is 10.2 Å². The van der Waals surface area contributed by atoms with E-state index in [0.717, 1.165) is 38.4 Å². The Morgan fingerprint density at radius 3 is 2.55 bits per heavy atom. The van der Waals surface area contributed by atoms with Gasteiger partial charge in [0.15, 0.2) is 0 Å². The number of anilines is 1. The van der Waals surface area contributed by atoms with Gasteiger partial charge in [-0.25, -0.2) is 0 Å². The van der Waals surface area contributed by atoms with Crippen LogP contribution in [0, 0.1) is 6.92 Å². The summed E-state index contributed by atoms with van der Waals surface area (Å²) in [5.41, 5.74) is 2.68. The van der Waals surface area contributed by atoms with Crippen LogP contribution in [0.5, 0.6) is 0 Å². The van der Waals surface area contributed by atoms with E-state index in [1.165, 1.54) is 11.4 Å². The summed E-state index contributed by atoms with van der Waals surface area (Å²) >= 11 is 0.